The highest BCUT2D eigenvalue weighted by atomic mass is 79.9. The molecular weight excluding hydrogens is 446 g/mol. The molecule has 1 heterocycles. The van der Waals surface area contributed by atoms with Crippen molar-refractivity contribution in [3.63, 3.8) is 0 Å². The van der Waals surface area contributed by atoms with Crippen molar-refractivity contribution in [3.8, 4) is 11.5 Å². The highest BCUT2D eigenvalue weighted by Gasteiger charge is 2.25. The number of anilines is 1. The number of fused-ring (bicyclic) bond motifs is 1. The Morgan fingerprint density at radius 2 is 1.80 bits per heavy atom. The van der Waals surface area contributed by atoms with E-state index in [4.69, 9.17) is 14.2 Å². The van der Waals surface area contributed by atoms with Gasteiger partial charge < -0.3 is 19.5 Å². The fourth-order valence-corrected chi connectivity index (χ4v) is 4.04. The highest BCUT2D eigenvalue weighted by Crippen LogP contribution is 2.36. The number of methoxy groups -OCH3 is 1. The first kappa shape index (κ1) is 22.2. The van der Waals surface area contributed by atoms with Crippen molar-refractivity contribution in [1.29, 1.82) is 0 Å². The zero-order valence-electron chi connectivity index (χ0n) is 17.8. The third kappa shape index (κ3) is 5.57. The van der Waals surface area contributed by atoms with Crippen molar-refractivity contribution in [3.05, 3.63) is 59.7 Å². The number of alkyl halides is 1. The second kappa shape index (κ2) is 9.56. The monoisotopic (exact) mass is 473 g/mol. The first-order valence-corrected chi connectivity index (χ1v) is 10.9. The Morgan fingerprint density at radius 3 is 2.47 bits per heavy atom. The Morgan fingerprint density at radius 1 is 1.10 bits per heavy atom. The van der Waals surface area contributed by atoms with Gasteiger partial charge in [0.1, 0.15) is 22.9 Å². The maximum atomic E-state index is 11.6. The van der Waals surface area contributed by atoms with Gasteiger partial charge >= 0.3 is 5.97 Å². The van der Waals surface area contributed by atoms with Crippen LogP contribution in [0.1, 0.15) is 31.9 Å². The summed E-state index contributed by atoms with van der Waals surface area (Å²) < 4.78 is 16.5. The number of carbonyl (C=O) groups excluding carboxylic acids is 1. The number of hydrogen-bond donors (Lipinski definition) is 1. The van der Waals surface area contributed by atoms with Crippen LogP contribution in [0, 0.1) is 0 Å². The second-order valence-electron chi connectivity index (χ2n) is 7.78. The van der Waals surface area contributed by atoms with E-state index in [0.29, 0.717) is 19.6 Å². The number of halogens is 1. The summed E-state index contributed by atoms with van der Waals surface area (Å²) in [6.07, 6.45) is 2.77. The average Bonchev–Trinajstić information content (AvgIpc) is 2.71. The van der Waals surface area contributed by atoms with Crippen molar-refractivity contribution in [2.45, 2.75) is 37.6 Å². The molecule has 1 N–H and O–H groups in total. The Bertz CT molecular complexity index is 921. The van der Waals surface area contributed by atoms with Gasteiger partial charge in [0.2, 0.25) is 0 Å². The van der Waals surface area contributed by atoms with Crippen LogP contribution >= 0.6 is 15.9 Å². The lowest BCUT2D eigenvalue weighted by Gasteiger charge is -2.32. The predicted molar refractivity (Wildman–Crippen MR) is 124 cm³/mol. The molecule has 0 aliphatic carbocycles. The zero-order valence-corrected chi connectivity index (χ0v) is 19.4. The lowest BCUT2D eigenvalue weighted by molar-refractivity contribution is -0.139. The molecule has 1 aliphatic heterocycles. The Balaban J connectivity index is 1.69. The van der Waals surface area contributed by atoms with Gasteiger partial charge in [-0.1, -0.05) is 34.1 Å². The molecule has 0 bridgehead atoms. The van der Waals surface area contributed by atoms with Crippen molar-refractivity contribution >= 4 is 33.2 Å². The van der Waals surface area contributed by atoms with Crippen LogP contribution in [0.5, 0.6) is 11.5 Å². The number of nitrogens with one attached hydrogen (secondary N) is 1. The molecule has 30 heavy (non-hydrogen) atoms. The van der Waals surface area contributed by atoms with Gasteiger partial charge in [0.15, 0.2) is 0 Å². The van der Waals surface area contributed by atoms with Gasteiger partial charge in [-0.25, -0.2) is 0 Å². The van der Waals surface area contributed by atoms with Crippen LogP contribution in [0.4, 0.5) is 5.69 Å². The van der Waals surface area contributed by atoms with Gasteiger partial charge in [-0.05, 0) is 62.6 Å². The fraction of sp³-hybridized carbons (Fsp3) is 0.375. The zero-order chi connectivity index (χ0) is 21.7. The van der Waals surface area contributed by atoms with Gasteiger partial charge in [-0.2, -0.15) is 0 Å². The van der Waals surface area contributed by atoms with Crippen LogP contribution in [-0.4, -0.2) is 36.7 Å². The minimum absolute atomic E-state index is 0.181. The van der Waals surface area contributed by atoms with Crippen molar-refractivity contribution < 1.29 is 19.0 Å². The van der Waals surface area contributed by atoms with Gasteiger partial charge in [0.25, 0.3) is 0 Å². The molecule has 5 nitrogen and oxygen atoms in total. The van der Waals surface area contributed by atoms with E-state index in [0.717, 1.165) is 33.9 Å². The molecule has 6 heteroatoms. The number of esters is 1. The van der Waals surface area contributed by atoms with Gasteiger partial charge in [0, 0.05) is 17.3 Å². The Labute approximate surface area is 186 Å². The number of carbonyl (C=O) groups is 1. The molecule has 0 amide bonds. The number of hydrogen-bond acceptors (Lipinski definition) is 5. The summed E-state index contributed by atoms with van der Waals surface area (Å²) in [5, 5.41) is 3.55. The lowest BCUT2D eigenvalue weighted by atomic mass is 9.90. The summed E-state index contributed by atoms with van der Waals surface area (Å²) >= 11 is 3.35. The first-order chi connectivity index (χ1) is 14.3. The van der Waals surface area contributed by atoms with E-state index in [1.54, 1.807) is 0 Å². The smallest absolute Gasteiger partial charge is 0.319 e. The van der Waals surface area contributed by atoms with Gasteiger partial charge in [-0.15, -0.1) is 0 Å². The molecule has 0 radical (unpaired) electrons. The van der Waals surface area contributed by atoms with E-state index in [1.165, 1.54) is 7.11 Å². The first-order valence-electron chi connectivity index (χ1n) is 10.0. The maximum absolute atomic E-state index is 11.6. The third-order valence-electron chi connectivity index (χ3n) is 4.83. The summed E-state index contributed by atoms with van der Waals surface area (Å²) in [5.41, 5.74) is 4.15. The molecule has 1 atom stereocenters. The topological polar surface area (TPSA) is 56.8 Å². The number of benzene rings is 2. The molecule has 0 fully saturated rings. The van der Waals surface area contributed by atoms with E-state index in [9.17, 15) is 4.79 Å². The SMILES string of the molecule is CCOc1ccc2c(c1)NC(C)(C)C=C2COc1ccc(CC(Br)C(=O)OC)cc1. The summed E-state index contributed by atoms with van der Waals surface area (Å²) in [6.45, 7) is 7.36. The number of rotatable bonds is 8. The molecule has 2 aromatic rings. The quantitative estimate of drug-likeness (QED) is 0.420. The minimum atomic E-state index is -0.352. The van der Waals surface area contributed by atoms with Crippen LogP contribution in [-0.2, 0) is 16.0 Å². The van der Waals surface area contributed by atoms with E-state index in [2.05, 4.69) is 47.2 Å². The molecule has 0 aromatic heterocycles. The van der Waals surface area contributed by atoms with Crippen molar-refractivity contribution in [2.75, 3.05) is 25.6 Å². The van der Waals surface area contributed by atoms with Crippen LogP contribution in [0.15, 0.2) is 48.5 Å². The summed E-state index contributed by atoms with van der Waals surface area (Å²) in [7, 11) is 1.39. The molecule has 0 saturated heterocycles. The van der Waals surface area contributed by atoms with Gasteiger partial charge in [0.05, 0.1) is 19.3 Å². The molecule has 160 valence electrons. The number of ether oxygens (including phenoxy) is 3. The van der Waals surface area contributed by atoms with Crippen LogP contribution < -0.4 is 14.8 Å². The molecular formula is C24H28BrNO4. The fourth-order valence-electron chi connectivity index (χ4n) is 3.48. The highest BCUT2D eigenvalue weighted by molar-refractivity contribution is 9.10. The van der Waals surface area contributed by atoms with Crippen LogP contribution in [0.25, 0.3) is 5.57 Å². The average molecular weight is 474 g/mol. The predicted octanol–water partition coefficient (Wildman–Crippen LogP) is 5.23. The second-order valence-corrected chi connectivity index (χ2v) is 8.89. The van der Waals surface area contributed by atoms with Crippen molar-refractivity contribution in [2.24, 2.45) is 0 Å². The van der Waals surface area contributed by atoms with Crippen LogP contribution in [0.2, 0.25) is 0 Å². The molecule has 2 aromatic carbocycles. The van der Waals surface area contributed by atoms with E-state index >= 15 is 0 Å². The molecule has 3 rings (SSSR count). The standard InChI is InChI=1S/C24H28BrNO4/c1-5-29-19-10-11-20-17(14-24(2,3)26-22(20)13-19)15-30-18-8-6-16(7-9-18)12-21(25)23(27)28-4/h6-11,13-14,21,26H,5,12,15H2,1-4H3. The molecule has 0 saturated carbocycles. The molecule has 1 aliphatic rings. The van der Waals surface area contributed by atoms with Crippen molar-refractivity contribution in [1.82, 2.24) is 0 Å². The van der Waals surface area contributed by atoms with E-state index in [1.807, 2.05) is 43.3 Å². The summed E-state index contributed by atoms with van der Waals surface area (Å²) in [4.78, 5) is 11.2. The van der Waals surface area contributed by atoms with E-state index < -0.39 is 0 Å². The van der Waals surface area contributed by atoms with Crippen LogP contribution in [0.3, 0.4) is 0 Å². The molecule has 1 unspecified atom stereocenters. The van der Waals surface area contributed by atoms with Gasteiger partial charge in [-0.3, -0.25) is 4.79 Å². The third-order valence-corrected chi connectivity index (χ3v) is 5.53. The summed E-state index contributed by atoms with van der Waals surface area (Å²) in [6, 6.07) is 13.9. The Kier molecular flexibility index (Phi) is 7.08. The lowest BCUT2D eigenvalue weighted by Crippen LogP contribution is -2.32. The maximum Gasteiger partial charge on any atom is 0.319 e. The largest absolute Gasteiger partial charge is 0.494 e. The minimum Gasteiger partial charge on any atom is -0.494 e. The Hall–Kier alpha value is -2.47. The summed E-state index contributed by atoms with van der Waals surface area (Å²) in [5.74, 6) is 1.36. The normalized spacial score (nSPS) is 15.3. The van der Waals surface area contributed by atoms with E-state index in [-0.39, 0.29) is 16.3 Å². The molecule has 0 spiro atoms.